The molecular weight excluding hydrogens is 487 g/mol. The predicted molar refractivity (Wildman–Crippen MR) is 57.5 cm³/mol. The summed E-state index contributed by atoms with van der Waals surface area (Å²) in [6.07, 6.45) is -7.82. The Labute approximate surface area is 152 Å². The van der Waals surface area contributed by atoms with E-state index >= 15 is 0 Å². The van der Waals surface area contributed by atoms with Crippen molar-refractivity contribution in [3.63, 3.8) is 0 Å². The first kappa shape index (κ1) is 28.3. The molecule has 0 aromatic carbocycles. The molecule has 0 radical (unpaired) electrons. The van der Waals surface area contributed by atoms with Gasteiger partial charge in [0.25, 0.3) is 0 Å². The van der Waals surface area contributed by atoms with Crippen molar-refractivity contribution in [3.05, 3.63) is 0 Å². The van der Waals surface area contributed by atoms with Crippen LogP contribution in [0.4, 0.5) is 74.6 Å². The van der Waals surface area contributed by atoms with E-state index in [2.05, 4.69) is 0 Å². The molecule has 0 aromatic heterocycles. The number of hydrogen-bond acceptors (Lipinski definition) is 1. The van der Waals surface area contributed by atoms with E-state index in [-0.39, 0.29) is 0 Å². The zero-order valence-electron chi connectivity index (χ0n) is 13.4. The van der Waals surface area contributed by atoms with Crippen molar-refractivity contribution in [1.29, 1.82) is 0 Å². The first-order valence-corrected chi connectivity index (χ1v) is 6.55. The predicted octanol–water partition coefficient (Wildman–Crippen LogP) is 5.72. The van der Waals surface area contributed by atoms with Gasteiger partial charge in [0, 0.05) is 0 Å². The van der Waals surface area contributed by atoms with Gasteiger partial charge in [-0.3, -0.25) is 4.79 Å². The minimum absolute atomic E-state index is 0.547. The lowest BCUT2D eigenvalue weighted by Crippen LogP contribution is -2.75. The Balaban J connectivity index is 6.81. The first-order chi connectivity index (χ1) is 12.6. The van der Waals surface area contributed by atoms with E-state index in [1.165, 1.54) is 0 Å². The molecule has 0 saturated carbocycles. The van der Waals surface area contributed by atoms with Crippen LogP contribution in [0.1, 0.15) is 6.92 Å². The Morgan fingerprint density at radius 3 is 1.00 bits per heavy atom. The highest BCUT2D eigenvalue weighted by atomic mass is 19.4. The molecule has 1 unspecified atom stereocenters. The van der Waals surface area contributed by atoms with Gasteiger partial charge in [-0.05, 0) is 6.92 Å². The molecule has 19 heteroatoms. The van der Waals surface area contributed by atoms with Crippen LogP contribution in [-0.2, 0) is 4.79 Å². The topological polar surface area (TPSA) is 37.3 Å². The zero-order valence-corrected chi connectivity index (χ0v) is 13.4. The number of carbonyl (C=O) groups is 1. The largest absolute Gasteiger partial charge is 0.481 e. The Hall–Kier alpha value is -1.72. The molecule has 0 aliphatic rings. The summed E-state index contributed by atoms with van der Waals surface area (Å²) in [5.74, 6) is -64.8. The minimum Gasteiger partial charge on any atom is -0.481 e. The van der Waals surface area contributed by atoms with E-state index in [1.54, 1.807) is 0 Å². The van der Waals surface area contributed by atoms with Gasteiger partial charge in [0.2, 0.25) is 0 Å². The summed E-state index contributed by atoms with van der Waals surface area (Å²) >= 11 is 0. The van der Waals surface area contributed by atoms with Gasteiger partial charge in [-0.25, -0.2) is 0 Å². The van der Waals surface area contributed by atoms with Crippen LogP contribution in [0.15, 0.2) is 0 Å². The maximum absolute atomic E-state index is 13.3. The third kappa shape index (κ3) is 3.31. The van der Waals surface area contributed by atoms with Crippen LogP contribution < -0.4 is 0 Å². The molecule has 0 saturated heterocycles. The van der Waals surface area contributed by atoms with E-state index in [9.17, 15) is 79.4 Å². The lowest BCUT2D eigenvalue weighted by Gasteiger charge is -2.43. The molecule has 0 spiro atoms. The summed E-state index contributed by atoms with van der Waals surface area (Å²) in [7, 11) is 0. The van der Waals surface area contributed by atoms with E-state index < -0.39 is 66.4 Å². The van der Waals surface area contributed by atoms with Gasteiger partial charge < -0.3 is 5.11 Å². The van der Waals surface area contributed by atoms with Crippen molar-refractivity contribution in [2.24, 2.45) is 5.92 Å². The van der Waals surface area contributed by atoms with E-state index in [0.29, 0.717) is 0 Å². The molecule has 0 aromatic rings. The number of aliphatic carboxylic acids is 1. The molecule has 0 bridgehead atoms. The van der Waals surface area contributed by atoms with Gasteiger partial charge in [0.05, 0.1) is 0 Å². The maximum atomic E-state index is 13.3. The van der Waals surface area contributed by atoms with Crippen LogP contribution in [-0.4, -0.2) is 58.7 Å². The number of alkyl halides is 17. The SMILES string of the molecule is CC(C(=O)O)C(F)(F)C(F)(F)C(F)(F)C(F)(F)C(F)(F)C(F)(F)C(F)(F)C(F)(F)F. The molecule has 0 fully saturated rings. The molecule has 0 aliphatic carbocycles. The summed E-state index contributed by atoms with van der Waals surface area (Å²) in [4.78, 5) is 10.2. The molecule has 1 atom stereocenters. The van der Waals surface area contributed by atoms with E-state index in [0.717, 1.165) is 0 Å². The Morgan fingerprint density at radius 1 is 0.533 bits per heavy atom. The maximum Gasteiger partial charge on any atom is 0.460 e. The van der Waals surface area contributed by atoms with Crippen molar-refractivity contribution in [2.75, 3.05) is 0 Å². The number of rotatable bonds is 8. The summed E-state index contributed by atoms with van der Waals surface area (Å²) in [6.45, 7) is -0.547. The fourth-order valence-electron chi connectivity index (χ4n) is 1.60. The van der Waals surface area contributed by atoms with Gasteiger partial charge in [0.15, 0.2) is 0 Å². The average molecular weight is 492 g/mol. The second-order valence-corrected chi connectivity index (χ2v) is 5.63. The van der Waals surface area contributed by atoms with Crippen LogP contribution >= 0.6 is 0 Å². The number of halogens is 17. The normalized spacial score (nSPS) is 17.1. The highest BCUT2D eigenvalue weighted by Crippen LogP contribution is 2.64. The Bertz CT molecular complexity index is 661. The monoisotopic (exact) mass is 492 g/mol. The fraction of sp³-hybridized carbons (Fsp3) is 0.909. The Morgan fingerprint density at radius 2 is 0.767 bits per heavy atom. The highest BCUT2D eigenvalue weighted by molar-refractivity contribution is 5.71. The summed E-state index contributed by atoms with van der Waals surface area (Å²) in [6, 6.07) is 0. The standard InChI is InChI=1S/C11H5F17O2/c1-2(3(29)30)4(12,13)5(14,15)6(16,17)7(18,19)8(20,21)9(22,23)10(24,25)11(26,27)28/h2H,1H3,(H,29,30). The highest BCUT2D eigenvalue weighted by Gasteiger charge is 2.95. The summed E-state index contributed by atoms with van der Waals surface area (Å²) in [5.41, 5.74) is 0. The minimum atomic E-state index is -8.73. The third-order valence-corrected chi connectivity index (χ3v) is 3.66. The third-order valence-electron chi connectivity index (χ3n) is 3.66. The van der Waals surface area contributed by atoms with E-state index in [4.69, 9.17) is 5.11 Å². The van der Waals surface area contributed by atoms with E-state index in [1.807, 2.05) is 0 Å². The number of carboxylic acids is 1. The zero-order chi connectivity index (χ0) is 25.2. The van der Waals surface area contributed by atoms with Crippen LogP contribution in [0.5, 0.6) is 0 Å². The Kier molecular flexibility index (Phi) is 6.50. The first-order valence-electron chi connectivity index (χ1n) is 6.55. The quantitative estimate of drug-likeness (QED) is 0.441. The van der Waals surface area contributed by atoms with Crippen molar-refractivity contribution < 1.29 is 84.5 Å². The van der Waals surface area contributed by atoms with Gasteiger partial charge >= 0.3 is 53.6 Å². The van der Waals surface area contributed by atoms with Gasteiger partial charge in [-0.1, -0.05) is 0 Å². The molecule has 0 rings (SSSR count). The van der Waals surface area contributed by atoms with Gasteiger partial charge in [0.1, 0.15) is 5.92 Å². The van der Waals surface area contributed by atoms with Gasteiger partial charge in [-0.15, -0.1) is 0 Å². The molecular formula is C11H5F17O2. The van der Waals surface area contributed by atoms with Crippen LogP contribution in [0, 0.1) is 5.92 Å². The number of hydrogen-bond donors (Lipinski definition) is 1. The summed E-state index contributed by atoms with van der Waals surface area (Å²) in [5, 5.41) is 8.10. The lowest BCUT2D eigenvalue weighted by molar-refractivity contribution is -0.462. The van der Waals surface area contributed by atoms with Crippen LogP contribution in [0.2, 0.25) is 0 Å². The summed E-state index contributed by atoms with van der Waals surface area (Å²) < 4.78 is 219. The van der Waals surface area contributed by atoms with Crippen molar-refractivity contribution in [2.45, 2.75) is 54.6 Å². The average Bonchev–Trinajstić information content (AvgIpc) is 2.51. The molecule has 30 heavy (non-hydrogen) atoms. The second kappa shape index (κ2) is 6.89. The van der Waals surface area contributed by atoms with Crippen LogP contribution in [0.3, 0.4) is 0 Å². The molecule has 0 heterocycles. The molecule has 0 amide bonds. The molecule has 2 nitrogen and oxygen atoms in total. The molecule has 180 valence electrons. The smallest absolute Gasteiger partial charge is 0.460 e. The van der Waals surface area contributed by atoms with Crippen LogP contribution in [0.25, 0.3) is 0 Å². The van der Waals surface area contributed by atoms with Crippen molar-refractivity contribution in [1.82, 2.24) is 0 Å². The molecule has 1 N–H and O–H groups in total. The number of carboxylic acid groups (broad SMARTS) is 1. The van der Waals surface area contributed by atoms with Gasteiger partial charge in [-0.2, -0.15) is 74.6 Å². The van der Waals surface area contributed by atoms with Crippen molar-refractivity contribution >= 4 is 5.97 Å². The second-order valence-electron chi connectivity index (χ2n) is 5.63. The lowest BCUT2D eigenvalue weighted by atomic mass is 9.85. The fourth-order valence-corrected chi connectivity index (χ4v) is 1.60. The molecule has 0 aliphatic heterocycles. The van der Waals surface area contributed by atoms with Crippen molar-refractivity contribution in [3.8, 4) is 0 Å².